The van der Waals surface area contributed by atoms with Crippen molar-refractivity contribution in [3.63, 3.8) is 0 Å². The van der Waals surface area contributed by atoms with Crippen molar-refractivity contribution in [2.24, 2.45) is 0 Å². The number of nitrogens with one attached hydrogen (secondary N) is 1. The van der Waals surface area contributed by atoms with Crippen molar-refractivity contribution in [1.82, 2.24) is 4.98 Å². The summed E-state index contributed by atoms with van der Waals surface area (Å²) in [5.41, 5.74) is -0.944. The van der Waals surface area contributed by atoms with Crippen LogP contribution in [0.5, 0.6) is 0 Å². The van der Waals surface area contributed by atoms with Gasteiger partial charge in [0.05, 0.1) is 10.8 Å². The number of amides is 1. The maximum Gasteiger partial charge on any atom is 0.417 e. The van der Waals surface area contributed by atoms with Gasteiger partial charge >= 0.3 is 6.18 Å². The van der Waals surface area contributed by atoms with E-state index in [0.29, 0.717) is 19.0 Å². The number of carbonyl (C=O) groups excluding carboxylic acids is 1. The van der Waals surface area contributed by atoms with Crippen LogP contribution in [-0.4, -0.2) is 29.3 Å². The molecule has 0 radical (unpaired) electrons. The van der Waals surface area contributed by atoms with Crippen LogP contribution < -0.4 is 5.32 Å². The predicted molar refractivity (Wildman–Crippen MR) is 92.4 cm³/mol. The fourth-order valence-electron chi connectivity index (χ4n) is 3.00. The van der Waals surface area contributed by atoms with Crippen LogP contribution >= 0.6 is 0 Å². The Labute approximate surface area is 151 Å². The van der Waals surface area contributed by atoms with Gasteiger partial charge < -0.3 is 5.32 Å². The van der Waals surface area contributed by atoms with Gasteiger partial charge in [-0.3, -0.25) is 4.79 Å². The Hall–Kier alpha value is -1.64. The number of nitrogens with zero attached hydrogens (tertiary/aromatic N) is 1. The number of sulfone groups is 1. The number of alkyl halides is 3. The van der Waals surface area contributed by atoms with Crippen LogP contribution in [0.25, 0.3) is 0 Å². The Bertz CT molecular complexity index is 736. The third-order valence-corrected chi connectivity index (χ3v) is 7.79. The molecular formula is C17H23F3N2O3S. The van der Waals surface area contributed by atoms with Gasteiger partial charge in [-0.05, 0) is 38.8 Å². The molecule has 146 valence electrons. The van der Waals surface area contributed by atoms with Crippen molar-refractivity contribution in [2.75, 3.05) is 5.32 Å². The molecule has 1 fully saturated rings. The van der Waals surface area contributed by atoms with E-state index < -0.39 is 37.5 Å². The van der Waals surface area contributed by atoms with Crippen LogP contribution in [0.4, 0.5) is 19.0 Å². The summed E-state index contributed by atoms with van der Waals surface area (Å²) in [4.78, 5) is 16.1. The smallest absolute Gasteiger partial charge is 0.309 e. The first-order chi connectivity index (χ1) is 12.0. The number of aromatic nitrogens is 1. The lowest BCUT2D eigenvalue weighted by Gasteiger charge is -2.28. The highest BCUT2D eigenvalue weighted by atomic mass is 32.2. The van der Waals surface area contributed by atoms with Gasteiger partial charge in [-0.1, -0.05) is 25.7 Å². The average Bonchev–Trinajstić information content (AvgIpc) is 2.84. The monoisotopic (exact) mass is 392 g/mol. The van der Waals surface area contributed by atoms with E-state index in [1.807, 2.05) is 0 Å². The topological polar surface area (TPSA) is 76.1 Å². The standard InChI is InChI=1S/C17H23F3N2O3S/c1-16(2,26(24,25)13-7-5-3-4-6-8-13)15(23)22-14-10-9-12(11-21-14)17(18,19)20/h9-11,13H,3-8H2,1-2H3,(H,21,22,23). The van der Waals surface area contributed by atoms with Crippen molar-refractivity contribution < 1.29 is 26.4 Å². The van der Waals surface area contributed by atoms with Crippen molar-refractivity contribution in [2.45, 2.75) is 68.5 Å². The molecule has 0 saturated heterocycles. The zero-order chi connectivity index (χ0) is 19.6. The summed E-state index contributed by atoms with van der Waals surface area (Å²) >= 11 is 0. The number of carbonyl (C=O) groups is 1. The maximum absolute atomic E-state index is 12.9. The molecule has 1 aromatic heterocycles. The molecule has 0 unspecified atom stereocenters. The number of rotatable bonds is 4. The summed E-state index contributed by atoms with van der Waals surface area (Å²) < 4.78 is 61.9. The van der Waals surface area contributed by atoms with Crippen molar-refractivity contribution in [3.05, 3.63) is 23.9 Å². The van der Waals surface area contributed by atoms with Gasteiger partial charge in [0, 0.05) is 6.20 Å². The van der Waals surface area contributed by atoms with Crippen LogP contribution in [0.3, 0.4) is 0 Å². The van der Waals surface area contributed by atoms with Gasteiger partial charge in [0.25, 0.3) is 0 Å². The zero-order valence-corrected chi connectivity index (χ0v) is 15.6. The molecule has 1 aliphatic carbocycles. The van der Waals surface area contributed by atoms with Crippen LogP contribution in [0.2, 0.25) is 0 Å². The Balaban J connectivity index is 2.16. The van der Waals surface area contributed by atoms with E-state index in [2.05, 4.69) is 10.3 Å². The summed E-state index contributed by atoms with van der Waals surface area (Å²) in [7, 11) is -3.76. The molecule has 1 amide bonds. The average molecular weight is 392 g/mol. The number of pyridine rings is 1. The molecule has 0 aliphatic heterocycles. The summed E-state index contributed by atoms with van der Waals surface area (Å²) in [6.07, 6.45) is 0.696. The van der Waals surface area contributed by atoms with Crippen LogP contribution in [0.15, 0.2) is 18.3 Å². The van der Waals surface area contributed by atoms with Crippen molar-refractivity contribution >= 4 is 21.6 Å². The maximum atomic E-state index is 12.9. The van der Waals surface area contributed by atoms with Gasteiger partial charge in [0.2, 0.25) is 5.91 Å². The Morgan fingerprint density at radius 1 is 1.12 bits per heavy atom. The van der Waals surface area contributed by atoms with E-state index in [4.69, 9.17) is 0 Å². The summed E-state index contributed by atoms with van der Waals surface area (Å²) in [5.74, 6) is -0.916. The van der Waals surface area contributed by atoms with E-state index in [-0.39, 0.29) is 5.82 Å². The Morgan fingerprint density at radius 2 is 1.69 bits per heavy atom. The second-order valence-corrected chi connectivity index (χ2v) is 9.83. The summed E-state index contributed by atoms with van der Waals surface area (Å²) in [6.45, 7) is 2.65. The molecule has 1 N–H and O–H groups in total. The molecule has 9 heteroatoms. The predicted octanol–water partition coefficient (Wildman–Crippen LogP) is 3.96. The Morgan fingerprint density at radius 3 is 2.15 bits per heavy atom. The van der Waals surface area contributed by atoms with E-state index in [1.165, 1.54) is 13.8 Å². The van der Waals surface area contributed by atoms with Crippen LogP contribution in [0.1, 0.15) is 57.9 Å². The summed E-state index contributed by atoms with van der Waals surface area (Å²) in [6, 6.07) is 1.80. The van der Waals surface area contributed by atoms with Gasteiger partial charge in [0.15, 0.2) is 9.84 Å². The fraction of sp³-hybridized carbons (Fsp3) is 0.647. The fourth-order valence-corrected chi connectivity index (χ4v) is 5.10. The first-order valence-corrected chi connectivity index (χ1v) is 10.1. The number of halogens is 3. The van der Waals surface area contributed by atoms with E-state index >= 15 is 0 Å². The largest absolute Gasteiger partial charge is 0.417 e. The first kappa shape index (κ1) is 20.7. The molecule has 1 aromatic rings. The van der Waals surface area contributed by atoms with Crippen LogP contribution in [0, 0.1) is 0 Å². The lowest BCUT2D eigenvalue weighted by atomic mass is 10.2. The quantitative estimate of drug-likeness (QED) is 0.787. The molecule has 5 nitrogen and oxygen atoms in total. The molecular weight excluding hydrogens is 369 g/mol. The van der Waals surface area contributed by atoms with Gasteiger partial charge in [-0.2, -0.15) is 13.2 Å². The molecule has 2 rings (SSSR count). The molecule has 0 spiro atoms. The third-order valence-electron chi connectivity index (χ3n) is 4.83. The van der Waals surface area contributed by atoms with Crippen LogP contribution in [-0.2, 0) is 20.8 Å². The van der Waals surface area contributed by atoms with Crippen molar-refractivity contribution in [3.8, 4) is 0 Å². The molecule has 26 heavy (non-hydrogen) atoms. The second-order valence-electron chi connectivity index (χ2n) is 7.05. The lowest BCUT2D eigenvalue weighted by molar-refractivity contribution is -0.137. The SMILES string of the molecule is CC(C)(C(=O)Nc1ccc(C(F)(F)F)cn1)S(=O)(=O)C1CCCCCC1. The number of anilines is 1. The van der Waals surface area contributed by atoms with Gasteiger partial charge in [0.1, 0.15) is 10.6 Å². The molecule has 0 aromatic carbocycles. The third kappa shape index (κ3) is 4.36. The number of hydrogen-bond donors (Lipinski definition) is 1. The second kappa shape index (κ2) is 7.54. The van der Waals surface area contributed by atoms with E-state index in [9.17, 15) is 26.4 Å². The molecule has 1 heterocycles. The van der Waals surface area contributed by atoms with Crippen molar-refractivity contribution in [1.29, 1.82) is 0 Å². The molecule has 0 bridgehead atoms. The van der Waals surface area contributed by atoms with Gasteiger partial charge in [-0.25, -0.2) is 13.4 Å². The minimum atomic E-state index is -4.53. The molecule has 1 aliphatic rings. The minimum absolute atomic E-state index is 0.118. The Kier molecular flexibility index (Phi) is 5.99. The minimum Gasteiger partial charge on any atom is -0.309 e. The highest BCUT2D eigenvalue weighted by Crippen LogP contribution is 2.32. The van der Waals surface area contributed by atoms with E-state index in [0.717, 1.165) is 37.8 Å². The van der Waals surface area contributed by atoms with E-state index in [1.54, 1.807) is 0 Å². The highest BCUT2D eigenvalue weighted by Gasteiger charge is 2.46. The van der Waals surface area contributed by atoms with Gasteiger partial charge in [-0.15, -0.1) is 0 Å². The lowest BCUT2D eigenvalue weighted by Crippen LogP contribution is -2.48. The molecule has 1 saturated carbocycles. The highest BCUT2D eigenvalue weighted by molar-refractivity contribution is 7.94. The number of hydrogen-bond acceptors (Lipinski definition) is 4. The normalized spacial score (nSPS) is 17.6. The first-order valence-electron chi connectivity index (χ1n) is 8.54. The summed E-state index contributed by atoms with van der Waals surface area (Å²) in [5, 5.41) is 1.75. The molecule has 0 atom stereocenters. The zero-order valence-electron chi connectivity index (χ0n) is 14.8.